The lowest BCUT2D eigenvalue weighted by Gasteiger charge is -2.36. The van der Waals surface area contributed by atoms with Gasteiger partial charge in [-0.2, -0.15) is 0 Å². The van der Waals surface area contributed by atoms with Gasteiger partial charge in [0.15, 0.2) is 0 Å². The predicted molar refractivity (Wildman–Crippen MR) is 58.7 cm³/mol. The van der Waals surface area contributed by atoms with Crippen molar-refractivity contribution in [1.82, 2.24) is 9.97 Å². The van der Waals surface area contributed by atoms with E-state index in [4.69, 9.17) is 4.74 Å². The van der Waals surface area contributed by atoms with Gasteiger partial charge in [0.2, 0.25) is 0 Å². The van der Waals surface area contributed by atoms with Gasteiger partial charge in [-0.25, -0.2) is 9.97 Å². The molecule has 0 radical (unpaired) electrons. The third kappa shape index (κ3) is 2.89. The van der Waals surface area contributed by atoms with E-state index in [0.29, 0.717) is 6.04 Å². The third-order valence-electron chi connectivity index (χ3n) is 2.63. The first-order valence-corrected chi connectivity index (χ1v) is 5.32. The van der Waals surface area contributed by atoms with Crippen LogP contribution in [-0.4, -0.2) is 28.2 Å². The van der Waals surface area contributed by atoms with Crippen molar-refractivity contribution < 1.29 is 4.74 Å². The Morgan fingerprint density at radius 1 is 1.53 bits per heavy atom. The lowest BCUT2D eigenvalue weighted by atomic mass is 9.94. The maximum Gasteiger partial charge on any atom is 0.129 e. The van der Waals surface area contributed by atoms with Crippen LogP contribution in [0.1, 0.15) is 26.7 Å². The molecule has 2 rings (SSSR count). The Bertz CT molecular complexity index is 313. The van der Waals surface area contributed by atoms with Gasteiger partial charge >= 0.3 is 0 Å². The first-order valence-electron chi connectivity index (χ1n) is 5.32. The normalized spacial score (nSPS) is 24.8. The van der Waals surface area contributed by atoms with Gasteiger partial charge < -0.3 is 10.1 Å². The second-order valence-electron chi connectivity index (χ2n) is 4.54. The fourth-order valence-corrected chi connectivity index (χ4v) is 1.94. The Balaban J connectivity index is 1.95. The molecule has 1 aliphatic rings. The molecule has 0 saturated carbocycles. The number of ether oxygens (including phenoxy) is 1. The molecule has 4 nitrogen and oxygen atoms in total. The summed E-state index contributed by atoms with van der Waals surface area (Å²) in [5.41, 5.74) is -0.0249. The van der Waals surface area contributed by atoms with Crippen molar-refractivity contribution in [2.45, 2.75) is 38.3 Å². The highest BCUT2D eigenvalue weighted by Gasteiger charge is 2.28. The second kappa shape index (κ2) is 4.14. The van der Waals surface area contributed by atoms with Gasteiger partial charge in [0.25, 0.3) is 0 Å². The van der Waals surface area contributed by atoms with E-state index < -0.39 is 0 Å². The average Bonchev–Trinajstić information content (AvgIpc) is 2.17. The molecule has 0 bridgehead atoms. The number of hydrogen-bond donors (Lipinski definition) is 1. The topological polar surface area (TPSA) is 47.0 Å². The highest BCUT2D eigenvalue weighted by atomic mass is 16.5. The molecular weight excluding hydrogens is 190 g/mol. The highest BCUT2D eigenvalue weighted by Crippen LogP contribution is 2.25. The molecule has 1 unspecified atom stereocenters. The minimum absolute atomic E-state index is 0.0249. The number of aromatic nitrogens is 2. The van der Waals surface area contributed by atoms with Gasteiger partial charge in [-0.1, -0.05) is 0 Å². The molecule has 1 aromatic rings. The fraction of sp³-hybridized carbons (Fsp3) is 0.636. The number of nitrogens with zero attached hydrogens (tertiary/aromatic N) is 2. The summed E-state index contributed by atoms with van der Waals surface area (Å²) in [6.07, 6.45) is 5.36. The van der Waals surface area contributed by atoms with Crippen molar-refractivity contribution in [3.63, 3.8) is 0 Å². The summed E-state index contributed by atoms with van der Waals surface area (Å²) >= 11 is 0. The zero-order chi connectivity index (χ0) is 10.7. The van der Waals surface area contributed by atoms with Gasteiger partial charge in [0.1, 0.15) is 12.1 Å². The molecule has 1 N–H and O–H groups in total. The number of rotatable bonds is 2. The molecule has 4 heteroatoms. The molecule has 0 aliphatic carbocycles. The SMILES string of the molecule is CC1(C)CC(Nc2ccncn2)CCO1. The molecule has 1 aliphatic heterocycles. The van der Waals surface area contributed by atoms with Crippen LogP contribution in [0.4, 0.5) is 5.82 Å². The third-order valence-corrected chi connectivity index (χ3v) is 2.63. The Morgan fingerprint density at radius 3 is 3.07 bits per heavy atom. The van der Waals surface area contributed by atoms with Crippen molar-refractivity contribution in [2.24, 2.45) is 0 Å². The van der Waals surface area contributed by atoms with Crippen molar-refractivity contribution >= 4 is 5.82 Å². The lowest BCUT2D eigenvalue weighted by molar-refractivity contribution is -0.0553. The van der Waals surface area contributed by atoms with E-state index in [2.05, 4.69) is 29.1 Å². The van der Waals surface area contributed by atoms with Crippen LogP contribution in [0.15, 0.2) is 18.6 Å². The summed E-state index contributed by atoms with van der Waals surface area (Å²) in [5, 5.41) is 3.41. The van der Waals surface area contributed by atoms with Crippen LogP contribution in [-0.2, 0) is 4.74 Å². The van der Waals surface area contributed by atoms with Crippen molar-refractivity contribution in [3.8, 4) is 0 Å². The molecule has 1 atom stereocenters. The molecule has 1 aromatic heterocycles. The van der Waals surface area contributed by atoms with E-state index in [9.17, 15) is 0 Å². The van der Waals surface area contributed by atoms with Crippen LogP contribution < -0.4 is 5.32 Å². The van der Waals surface area contributed by atoms with Gasteiger partial charge in [-0.05, 0) is 32.8 Å². The van der Waals surface area contributed by atoms with Crippen molar-refractivity contribution in [2.75, 3.05) is 11.9 Å². The maximum atomic E-state index is 5.66. The smallest absolute Gasteiger partial charge is 0.129 e. The highest BCUT2D eigenvalue weighted by molar-refractivity contribution is 5.33. The van der Waals surface area contributed by atoms with Crippen molar-refractivity contribution in [1.29, 1.82) is 0 Å². The minimum Gasteiger partial charge on any atom is -0.375 e. The molecule has 15 heavy (non-hydrogen) atoms. The zero-order valence-corrected chi connectivity index (χ0v) is 9.23. The number of hydrogen-bond acceptors (Lipinski definition) is 4. The predicted octanol–water partition coefficient (Wildman–Crippen LogP) is 1.85. The van der Waals surface area contributed by atoms with E-state index in [-0.39, 0.29) is 5.60 Å². The van der Waals surface area contributed by atoms with Crippen LogP contribution >= 0.6 is 0 Å². The average molecular weight is 207 g/mol. The van der Waals surface area contributed by atoms with Crippen LogP contribution in [0.5, 0.6) is 0 Å². The van der Waals surface area contributed by atoms with Crippen LogP contribution in [0, 0.1) is 0 Å². The van der Waals surface area contributed by atoms with Gasteiger partial charge in [0, 0.05) is 18.8 Å². The second-order valence-corrected chi connectivity index (χ2v) is 4.54. The summed E-state index contributed by atoms with van der Waals surface area (Å²) in [6, 6.07) is 2.34. The number of nitrogens with one attached hydrogen (secondary N) is 1. The molecular formula is C11H17N3O. The van der Waals surface area contributed by atoms with E-state index in [0.717, 1.165) is 25.3 Å². The molecule has 0 aromatic carbocycles. The molecule has 2 heterocycles. The van der Waals surface area contributed by atoms with Crippen LogP contribution in [0.3, 0.4) is 0 Å². The van der Waals surface area contributed by atoms with Crippen LogP contribution in [0.2, 0.25) is 0 Å². The Morgan fingerprint density at radius 2 is 2.40 bits per heavy atom. The Hall–Kier alpha value is -1.16. The standard InChI is InChI=1S/C11H17N3O/c1-11(2)7-9(4-6-15-11)14-10-3-5-12-8-13-10/h3,5,8-9H,4,6-7H2,1-2H3,(H,12,13,14). The summed E-state index contributed by atoms with van der Waals surface area (Å²) in [6.45, 7) is 5.07. The van der Waals surface area contributed by atoms with Crippen LogP contribution in [0.25, 0.3) is 0 Å². The minimum atomic E-state index is -0.0249. The Labute approximate surface area is 90.1 Å². The zero-order valence-electron chi connectivity index (χ0n) is 9.23. The maximum absolute atomic E-state index is 5.66. The molecule has 0 spiro atoms. The van der Waals surface area contributed by atoms with Crippen molar-refractivity contribution in [3.05, 3.63) is 18.6 Å². The number of anilines is 1. The lowest BCUT2D eigenvalue weighted by Crippen LogP contribution is -2.40. The Kier molecular flexibility index (Phi) is 2.86. The quantitative estimate of drug-likeness (QED) is 0.804. The summed E-state index contributed by atoms with van der Waals surface area (Å²) in [7, 11) is 0. The molecule has 0 amide bonds. The van der Waals surface area contributed by atoms with Gasteiger partial charge in [0.05, 0.1) is 5.60 Å². The first kappa shape index (κ1) is 10.4. The fourth-order valence-electron chi connectivity index (χ4n) is 1.94. The van der Waals surface area contributed by atoms with Gasteiger partial charge in [-0.15, -0.1) is 0 Å². The summed E-state index contributed by atoms with van der Waals surface area (Å²) in [5.74, 6) is 0.896. The summed E-state index contributed by atoms with van der Waals surface area (Å²) in [4.78, 5) is 8.05. The summed E-state index contributed by atoms with van der Waals surface area (Å²) < 4.78 is 5.66. The van der Waals surface area contributed by atoms with E-state index in [1.807, 2.05) is 6.07 Å². The van der Waals surface area contributed by atoms with E-state index in [1.54, 1.807) is 12.5 Å². The molecule has 82 valence electrons. The molecule has 1 saturated heterocycles. The first-order chi connectivity index (χ1) is 7.16. The van der Waals surface area contributed by atoms with E-state index in [1.165, 1.54) is 0 Å². The van der Waals surface area contributed by atoms with Gasteiger partial charge in [-0.3, -0.25) is 0 Å². The largest absolute Gasteiger partial charge is 0.375 e. The molecule has 1 fully saturated rings. The van der Waals surface area contributed by atoms with E-state index >= 15 is 0 Å². The monoisotopic (exact) mass is 207 g/mol.